The summed E-state index contributed by atoms with van der Waals surface area (Å²) in [6, 6.07) is 2.25. The van der Waals surface area contributed by atoms with E-state index >= 15 is 0 Å². The monoisotopic (exact) mass is 291 g/mol. The molecule has 0 aliphatic heterocycles. The third-order valence-corrected chi connectivity index (χ3v) is 3.47. The number of nitrogens with zero attached hydrogens (tertiary/aromatic N) is 3. The second-order valence-corrected chi connectivity index (χ2v) is 4.84. The van der Waals surface area contributed by atoms with Gasteiger partial charge in [0, 0.05) is 24.4 Å². The summed E-state index contributed by atoms with van der Waals surface area (Å²) in [5.74, 6) is -0.228. The van der Waals surface area contributed by atoms with Crippen molar-refractivity contribution in [2.45, 2.75) is 32.7 Å². The minimum atomic E-state index is -0.586. The first-order chi connectivity index (χ1) is 10.0. The van der Waals surface area contributed by atoms with Crippen molar-refractivity contribution in [3.05, 3.63) is 50.6 Å². The Kier molecular flexibility index (Phi) is 4.52. The van der Waals surface area contributed by atoms with Gasteiger partial charge in [-0.05, 0) is 26.2 Å². The van der Waals surface area contributed by atoms with Crippen molar-refractivity contribution >= 4 is 11.6 Å². The Bertz CT molecular complexity index is 648. The first-order valence-corrected chi connectivity index (χ1v) is 6.87. The van der Waals surface area contributed by atoms with Crippen molar-refractivity contribution in [1.82, 2.24) is 9.47 Å². The van der Waals surface area contributed by atoms with Gasteiger partial charge in [-0.2, -0.15) is 0 Å². The van der Waals surface area contributed by atoms with Crippen LogP contribution in [0, 0.1) is 10.1 Å². The number of aromatic nitrogens is 1. The number of likely N-dealkylation sites (N-methyl/N-ethyl adjacent to an activating group) is 1. The normalized spacial score (nSPS) is 13.9. The van der Waals surface area contributed by atoms with E-state index in [2.05, 4.69) is 0 Å². The molecule has 0 radical (unpaired) electrons. The Morgan fingerprint density at radius 2 is 2.24 bits per heavy atom. The van der Waals surface area contributed by atoms with Crippen molar-refractivity contribution in [2.24, 2.45) is 0 Å². The summed E-state index contributed by atoms with van der Waals surface area (Å²) in [6.07, 6.45) is 5.96. The van der Waals surface area contributed by atoms with Crippen LogP contribution in [0.2, 0.25) is 0 Å². The standard InChI is InChI=1S/C14H17N3O4/c1-2-16(11-5-3-4-6-11)14(19)10-15-9-12(17(20)21)7-8-13(15)18/h5,7-9H,2-4,6,10H2,1H3. The largest absolute Gasteiger partial charge is 0.315 e. The molecule has 1 aromatic heterocycles. The van der Waals surface area contributed by atoms with Crippen molar-refractivity contribution in [3.63, 3.8) is 0 Å². The van der Waals surface area contributed by atoms with Crippen molar-refractivity contribution in [2.75, 3.05) is 6.54 Å². The average Bonchev–Trinajstić information content (AvgIpc) is 2.95. The highest BCUT2D eigenvalue weighted by Crippen LogP contribution is 2.21. The molecule has 1 aliphatic carbocycles. The fraction of sp³-hybridized carbons (Fsp3) is 0.429. The highest BCUT2D eigenvalue weighted by atomic mass is 16.6. The Morgan fingerprint density at radius 3 is 2.81 bits per heavy atom. The second-order valence-electron chi connectivity index (χ2n) is 4.84. The number of rotatable bonds is 5. The maximum atomic E-state index is 12.3. The molecule has 1 aliphatic rings. The molecule has 0 spiro atoms. The van der Waals surface area contributed by atoms with E-state index in [1.165, 1.54) is 0 Å². The van der Waals surface area contributed by atoms with Crippen molar-refractivity contribution < 1.29 is 9.72 Å². The van der Waals surface area contributed by atoms with Crippen LogP contribution in [-0.4, -0.2) is 26.8 Å². The van der Waals surface area contributed by atoms with Gasteiger partial charge in [0.1, 0.15) is 6.54 Å². The molecule has 0 bridgehead atoms. The molecule has 2 rings (SSSR count). The summed E-state index contributed by atoms with van der Waals surface area (Å²) in [6.45, 7) is 2.20. The molecule has 0 saturated carbocycles. The molecule has 0 fully saturated rings. The molecule has 0 saturated heterocycles. The number of pyridine rings is 1. The predicted molar refractivity (Wildman–Crippen MR) is 76.7 cm³/mol. The van der Waals surface area contributed by atoms with E-state index in [9.17, 15) is 19.7 Å². The summed E-state index contributed by atoms with van der Waals surface area (Å²) >= 11 is 0. The zero-order valence-electron chi connectivity index (χ0n) is 11.8. The van der Waals surface area contributed by atoms with E-state index in [1.807, 2.05) is 13.0 Å². The number of carbonyl (C=O) groups is 1. The van der Waals surface area contributed by atoms with Crippen LogP contribution < -0.4 is 5.56 Å². The van der Waals surface area contributed by atoms with Gasteiger partial charge >= 0.3 is 0 Å². The third-order valence-electron chi connectivity index (χ3n) is 3.47. The van der Waals surface area contributed by atoms with Gasteiger partial charge in [0.25, 0.3) is 11.2 Å². The summed E-state index contributed by atoms with van der Waals surface area (Å²) < 4.78 is 1.08. The molecule has 21 heavy (non-hydrogen) atoms. The Balaban J connectivity index is 2.20. The van der Waals surface area contributed by atoms with Gasteiger partial charge in [-0.3, -0.25) is 24.3 Å². The number of hydrogen-bond acceptors (Lipinski definition) is 4. The quantitative estimate of drug-likeness (QED) is 0.610. The molecule has 1 aromatic rings. The number of hydrogen-bond donors (Lipinski definition) is 0. The molecule has 0 N–H and O–H groups in total. The summed E-state index contributed by atoms with van der Waals surface area (Å²) in [5, 5.41) is 10.7. The molecule has 0 unspecified atom stereocenters. The average molecular weight is 291 g/mol. The predicted octanol–water partition coefficient (Wildman–Crippen LogP) is 1.67. The van der Waals surface area contributed by atoms with Gasteiger partial charge in [0.05, 0.1) is 11.1 Å². The van der Waals surface area contributed by atoms with Crippen LogP contribution in [-0.2, 0) is 11.3 Å². The van der Waals surface area contributed by atoms with Crippen molar-refractivity contribution in [3.8, 4) is 0 Å². The lowest BCUT2D eigenvalue weighted by molar-refractivity contribution is -0.385. The van der Waals surface area contributed by atoms with E-state index in [-0.39, 0.29) is 18.1 Å². The molecule has 7 nitrogen and oxygen atoms in total. The minimum absolute atomic E-state index is 0.189. The Labute approximate surface area is 121 Å². The maximum absolute atomic E-state index is 12.3. The van der Waals surface area contributed by atoms with Crippen molar-refractivity contribution in [1.29, 1.82) is 0 Å². The van der Waals surface area contributed by atoms with Gasteiger partial charge in [0.2, 0.25) is 5.91 Å². The maximum Gasteiger partial charge on any atom is 0.285 e. The zero-order valence-corrected chi connectivity index (χ0v) is 11.8. The summed E-state index contributed by atoms with van der Waals surface area (Å²) in [5.41, 5.74) is 0.344. The van der Waals surface area contributed by atoms with E-state index in [1.54, 1.807) is 4.90 Å². The molecular formula is C14H17N3O4. The molecular weight excluding hydrogens is 274 g/mol. The topological polar surface area (TPSA) is 85.4 Å². The third kappa shape index (κ3) is 3.36. The molecule has 0 aromatic carbocycles. The molecule has 112 valence electrons. The lowest BCUT2D eigenvalue weighted by atomic mass is 10.3. The van der Waals surface area contributed by atoms with Crippen LogP contribution in [0.15, 0.2) is 34.9 Å². The number of allylic oxidation sites excluding steroid dienone is 2. The van der Waals surface area contributed by atoms with Crippen LogP contribution in [0.5, 0.6) is 0 Å². The molecule has 7 heteroatoms. The number of carbonyl (C=O) groups excluding carboxylic acids is 1. The van der Waals surface area contributed by atoms with E-state index in [0.29, 0.717) is 6.54 Å². The molecule has 1 heterocycles. The first kappa shape index (κ1) is 15.0. The minimum Gasteiger partial charge on any atom is -0.315 e. The van der Waals surface area contributed by atoms with E-state index in [0.717, 1.165) is 47.9 Å². The molecule has 0 atom stereocenters. The van der Waals surface area contributed by atoms with Crippen LogP contribution in [0.4, 0.5) is 5.69 Å². The summed E-state index contributed by atoms with van der Waals surface area (Å²) in [4.78, 5) is 35.8. The van der Waals surface area contributed by atoms with Crippen LogP contribution >= 0.6 is 0 Å². The van der Waals surface area contributed by atoms with Crippen LogP contribution in [0.25, 0.3) is 0 Å². The Morgan fingerprint density at radius 1 is 1.48 bits per heavy atom. The van der Waals surface area contributed by atoms with Gasteiger partial charge in [-0.15, -0.1) is 0 Å². The lowest BCUT2D eigenvalue weighted by Gasteiger charge is -2.22. The lowest BCUT2D eigenvalue weighted by Crippen LogP contribution is -2.35. The fourth-order valence-electron chi connectivity index (χ4n) is 2.42. The zero-order chi connectivity index (χ0) is 15.4. The Hall–Kier alpha value is -2.44. The first-order valence-electron chi connectivity index (χ1n) is 6.87. The molecule has 1 amide bonds. The van der Waals surface area contributed by atoms with Crippen LogP contribution in [0.3, 0.4) is 0 Å². The van der Waals surface area contributed by atoms with Gasteiger partial charge in [0.15, 0.2) is 0 Å². The van der Waals surface area contributed by atoms with Gasteiger partial charge < -0.3 is 4.90 Å². The van der Waals surface area contributed by atoms with E-state index < -0.39 is 10.5 Å². The highest BCUT2D eigenvalue weighted by molar-refractivity contribution is 5.78. The fourth-order valence-corrected chi connectivity index (χ4v) is 2.42. The smallest absolute Gasteiger partial charge is 0.285 e. The van der Waals surface area contributed by atoms with Gasteiger partial charge in [-0.25, -0.2) is 0 Å². The SMILES string of the molecule is CCN(C(=O)Cn1cc([N+](=O)[O-])ccc1=O)C1=CCCC1. The van der Waals surface area contributed by atoms with Gasteiger partial charge in [-0.1, -0.05) is 6.08 Å². The van der Waals surface area contributed by atoms with E-state index in [4.69, 9.17) is 0 Å². The van der Waals surface area contributed by atoms with Crippen LogP contribution in [0.1, 0.15) is 26.2 Å². The number of nitro groups is 1. The summed E-state index contributed by atoms with van der Waals surface area (Å²) in [7, 11) is 0. The number of amides is 1. The highest BCUT2D eigenvalue weighted by Gasteiger charge is 2.20. The second kappa shape index (κ2) is 6.34.